The standard InChI is InChI=1S/C20H20ClF3N6O/c1-2-3-8-31-14-6-4-13(5-7-14)29-18-16(25)19(28-11-27-18)30-17-15(21)9-12(10-26-17)20(22,23)24/h4-7,9-11H,2-3,8,25H2,1H3,(H2,26,27,28,29,30). The summed E-state index contributed by atoms with van der Waals surface area (Å²) in [5.41, 5.74) is 6.01. The van der Waals surface area contributed by atoms with E-state index in [4.69, 9.17) is 22.1 Å². The molecule has 0 aliphatic rings. The summed E-state index contributed by atoms with van der Waals surface area (Å²) in [4.78, 5) is 11.8. The van der Waals surface area contributed by atoms with Gasteiger partial charge in [-0.05, 0) is 36.8 Å². The van der Waals surface area contributed by atoms with Crippen molar-refractivity contribution >= 4 is 40.4 Å². The van der Waals surface area contributed by atoms with Crippen LogP contribution >= 0.6 is 11.6 Å². The average Bonchev–Trinajstić information content (AvgIpc) is 2.73. The van der Waals surface area contributed by atoms with Gasteiger partial charge in [0.25, 0.3) is 0 Å². The number of nitrogens with two attached hydrogens (primary N) is 1. The second kappa shape index (κ2) is 9.69. The molecule has 2 heterocycles. The predicted molar refractivity (Wildman–Crippen MR) is 114 cm³/mol. The first-order valence-electron chi connectivity index (χ1n) is 9.38. The average molecular weight is 453 g/mol. The van der Waals surface area contributed by atoms with Crippen molar-refractivity contribution in [2.24, 2.45) is 0 Å². The zero-order valence-electron chi connectivity index (χ0n) is 16.5. The van der Waals surface area contributed by atoms with Gasteiger partial charge in [0.1, 0.15) is 23.6 Å². The molecule has 0 saturated carbocycles. The Balaban J connectivity index is 1.73. The maximum atomic E-state index is 12.8. The summed E-state index contributed by atoms with van der Waals surface area (Å²) in [6.45, 7) is 2.74. The lowest BCUT2D eigenvalue weighted by Crippen LogP contribution is -2.08. The van der Waals surface area contributed by atoms with E-state index < -0.39 is 11.7 Å². The first-order valence-corrected chi connectivity index (χ1v) is 9.76. The number of pyridine rings is 1. The summed E-state index contributed by atoms with van der Waals surface area (Å²) in [6, 6.07) is 8.03. The highest BCUT2D eigenvalue weighted by Crippen LogP contribution is 2.34. The van der Waals surface area contributed by atoms with Crippen LogP contribution in [0.2, 0.25) is 5.02 Å². The lowest BCUT2D eigenvalue weighted by atomic mass is 10.2. The van der Waals surface area contributed by atoms with E-state index in [1.54, 1.807) is 0 Å². The molecule has 7 nitrogen and oxygen atoms in total. The van der Waals surface area contributed by atoms with Gasteiger partial charge in [0, 0.05) is 11.9 Å². The Morgan fingerprint density at radius 2 is 1.71 bits per heavy atom. The summed E-state index contributed by atoms with van der Waals surface area (Å²) in [6.07, 6.45) is -0.589. The molecule has 4 N–H and O–H groups in total. The lowest BCUT2D eigenvalue weighted by Gasteiger charge is -2.14. The van der Waals surface area contributed by atoms with E-state index in [1.807, 2.05) is 24.3 Å². The number of aromatic nitrogens is 3. The molecule has 0 bridgehead atoms. The molecule has 3 rings (SSSR count). The summed E-state index contributed by atoms with van der Waals surface area (Å²) in [7, 11) is 0. The molecule has 2 aromatic heterocycles. The molecule has 0 saturated heterocycles. The van der Waals surface area contributed by atoms with E-state index in [1.165, 1.54) is 6.33 Å². The number of alkyl halides is 3. The van der Waals surface area contributed by atoms with Gasteiger partial charge in [-0.1, -0.05) is 24.9 Å². The largest absolute Gasteiger partial charge is 0.494 e. The minimum absolute atomic E-state index is 0.0143. The molecule has 31 heavy (non-hydrogen) atoms. The van der Waals surface area contributed by atoms with Gasteiger partial charge in [0.15, 0.2) is 11.6 Å². The highest BCUT2D eigenvalue weighted by atomic mass is 35.5. The fraction of sp³-hybridized carbons (Fsp3) is 0.250. The fourth-order valence-electron chi connectivity index (χ4n) is 2.50. The Labute approximate surface area is 181 Å². The van der Waals surface area contributed by atoms with Crippen molar-refractivity contribution in [3.8, 4) is 5.75 Å². The van der Waals surface area contributed by atoms with Gasteiger partial charge in [-0.3, -0.25) is 0 Å². The third kappa shape index (κ3) is 5.88. The van der Waals surface area contributed by atoms with Crippen LogP contribution in [0.4, 0.5) is 42.0 Å². The second-order valence-corrected chi connectivity index (χ2v) is 6.92. The maximum Gasteiger partial charge on any atom is 0.417 e. The van der Waals surface area contributed by atoms with E-state index >= 15 is 0 Å². The van der Waals surface area contributed by atoms with E-state index in [-0.39, 0.29) is 22.3 Å². The SMILES string of the molecule is CCCCOc1ccc(Nc2ncnc(Nc3ncc(C(F)(F)F)cc3Cl)c2N)cc1. The first kappa shape index (κ1) is 22.4. The summed E-state index contributed by atoms with van der Waals surface area (Å²) >= 11 is 5.93. The second-order valence-electron chi connectivity index (χ2n) is 6.51. The fourth-order valence-corrected chi connectivity index (χ4v) is 2.71. The van der Waals surface area contributed by atoms with Crippen molar-refractivity contribution in [3.05, 3.63) is 53.4 Å². The van der Waals surface area contributed by atoms with E-state index in [9.17, 15) is 13.2 Å². The highest BCUT2D eigenvalue weighted by Gasteiger charge is 2.31. The van der Waals surface area contributed by atoms with Crippen molar-refractivity contribution in [1.29, 1.82) is 0 Å². The van der Waals surface area contributed by atoms with Gasteiger partial charge in [0.05, 0.1) is 17.2 Å². The topological polar surface area (TPSA) is 98.0 Å². The smallest absolute Gasteiger partial charge is 0.417 e. The van der Waals surface area contributed by atoms with Crippen LogP contribution in [0.15, 0.2) is 42.9 Å². The van der Waals surface area contributed by atoms with Gasteiger partial charge in [-0.2, -0.15) is 13.2 Å². The molecule has 3 aromatic rings. The van der Waals surface area contributed by atoms with Crippen molar-refractivity contribution in [2.75, 3.05) is 23.0 Å². The number of hydrogen-bond donors (Lipinski definition) is 3. The Morgan fingerprint density at radius 1 is 1.03 bits per heavy atom. The maximum absolute atomic E-state index is 12.8. The number of ether oxygens (including phenoxy) is 1. The number of unbranched alkanes of at least 4 members (excludes halogenated alkanes) is 1. The van der Waals surface area contributed by atoms with E-state index in [0.29, 0.717) is 24.3 Å². The van der Waals surface area contributed by atoms with Crippen LogP contribution in [0, 0.1) is 0 Å². The zero-order valence-corrected chi connectivity index (χ0v) is 17.3. The number of benzene rings is 1. The number of nitrogens with one attached hydrogen (secondary N) is 2. The lowest BCUT2D eigenvalue weighted by molar-refractivity contribution is -0.137. The summed E-state index contributed by atoms with van der Waals surface area (Å²) in [5, 5.41) is 5.58. The third-order valence-electron chi connectivity index (χ3n) is 4.17. The molecule has 164 valence electrons. The number of anilines is 5. The van der Waals surface area contributed by atoms with Gasteiger partial charge >= 0.3 is 6.18 Å². The van der Waals surface area contributed by atoms with Crippen molar-refractivity contribution in [2.45, 2.75) is 25.9 Å². The molecule has 0 fully saturated rings. The van der Waals surface area contributed by atoms with Gasteiger partial charge in [-0.25, -0.2) is 15.0 Å². The minimum atomic E-state index is -4.54. The van der Waals surface area contributed by atoms with E-state index in [2.05, 4.69) is 32.5 Å². The Morgan fingerprint density at radius 3 is 2.32 bits per heavy atom. The quantitative estimate of drug-likeness (QED) is 0.372. The molecule has 1 aromatic carbocycles. The van der Waals surface area contributed by atoms with Crippen LogP contribution in [0.1, 0.15) is 25.3 Å². The van der Waals surface area contributed by atoms with Crippen LogP contribution in [0.25, 0.3) is 0 Å². The van der Waals surface area contributed by atoms with Crippen LogP contribution in [0.3, 0.4) is 0 Å². The number of halogens is 4. The zero-order chi connectivity index (χ0) is 22.4. The summed E-state index contributed by atoms with van der Waals surface area (Å²) < 4.78 is 44.0. The molecule has 0 aliphatic heterocycles. The minimum Gasteiger partial charge on any atom is -0.494 e. The molecule has 0 amide bonds. The third-order valence-corrected chi connectivity index (χ3v) is 4.46. The number of nitrogens with zero attached hydrogens (tertiary/aromatic N) is 3. The van der Waals surface area contributed by atoms with Crippen molar-refractivity contribution in [1.82, 2.24) is 15.0 Å². The monoisotopic (exact) mass is 452 g/mol. The number of rotatable bonds is 8. The molecular weight excluding hydrogens is 433 g/mol. The molecule has 0 spiro atoms. The van der Waals surface area contributed by atoms with Crippen LogP contribution in [0.5, 0.6) is 5.75 Å². The number of nitrogen functional groups attached to an aromatic ring is 1. The van der Waals surface area contributed by atoms with Gasteiger partial charge < -0.3 is 21.1 Å². The first-order chi connectivity index (χ1) is 14.8. The molecular formula is C20H20ClF3N6O. The van der Waals surface area contributed by atoms with Gasteiger partial charge in [-0.15, -0.1) is 0 Å². The Hall–Kier alpha value is -3.27. The van der Waals surface area contributed by atoms with E-state index in [0.717, 1.165) is 24.7 Å². The highest BCUT2D eigenvalue weighted by molar-refractivity contribution is 6.33. The Kier molecular flexibility index (Phi) is 7.01. The molecule has 0 radical (unpaired) electrons. The Bertz CT molecular complexity index is 1030. The van der Waals surface area contributed by atoms with Crippen LogP contribution in [-0.2, 0) is 6.18 Å². The number of hydrogen-bond acceptors (Lipinski definition) is 7. The van der Waals surface area contributed by atoms with Crippen molar-refractivity contribution < 1.29 is 17.9 Å². The molecule has 11 heteroatoms. The van der Waals surface area contributed by atoms with Crippen LogP contribution < -0.4 is 21.1 Å². The van der Waals surface area contributed by atoms with Crippen LogP contribution in [-0.4, -0.2) is 21.6 Å². The van der Waals surface area contributed by atoms with Gasteiger partial charge in [0.2, 0.25) is 0 Å². The summed E-state index contributed by atoms with van der Waals surface area (Å²) in [5.74, 6) is 1.19. The molecule has 0 unspecified atom stereocenters. The predicted octanol–water partition coefficient (Wildman–Crippen LogP) is 5.79. The molecule has 0 aliphatic carbocycles. The van der Waals surface area contributed by atoms with Crippen molar-refractivity contribution in [3.63, 3.8) is 0 Å². The molecule has 0 atom stereocenters. The normalized spacial score (nSPS) is 11.3.